The molecule has 4 heteroatoms. The molecule has 1 aromatic heterocycles. The molecular formula is C10H18N4. The zero-order valence-electron chi connectivity index (χ0n) is 8.83. The van der Waals surface area contributed by atoms with Crippen molar-refractivity contribution in [3.8, 4) is 0 Å². The molecule has 1 unspecified atom stereocenters. The van der Waals surface area contributed by atoms with E-state index in [9.17, 15) is 0 Å². The SMILES string of the molecule is CCC(C)(CCN)Nc1cccnn1. The molecule has 4 nitrogen and oxygen atoms in total. The fourth-order valence-corrected chi connectivity index (χ4v) is 1.32. The molecule has 78 valence electrons. The minimum atomic E-state index is 0.0186. The molecular weight excluding hydrogens is 176 g/mol. The Kier molecular flexibility index (Phi) is 3.83. The van der Waals surface area contributed by atoms with Crippen LogP contribution in [-0.2, 0) is 0 Å². The molecule has 0 aliphatic carbocycles. The van der Waals surface area contributed by atoms with Gasteiger partial charge < -0.3 is 11.1 Å². The van der Waals surface area contributed by atoms with E-state index in [0.29, 0.717) is 6.54 Å². The summed E-state index contributed by atoms with van der Waals surface area (Å²) in [5.41, 5.74) is 5.59. The maximum absolute atomic E-state index is 5.57. The van der Waals surface area contributed by atoms with Crippen molar-refractivity contribution in [2.24, 2.45) is 5.73 Å². The number of anilines is 1. The lowest BCUT2D eigenvalue weighted by atomic mass is 9.94. The monoisotopic (exact) mass is 194 g/mol. The molecule has 0 saturated carbocycles. The largest absolute Gasteiger partial charge is 0.363 e. The smallest absolute Gasteiger partial charge is 0.149 e. The predicted molar refractivity (Wildman–Crippen MR) is 58.0 cm³/mol. The van der Waals surface area contributed by atoms with Gasteiger partial charge in [-0.1, -0.05) is 6.92 Å². The Hall–Kier alpha value is -1.16. The minimum absolute atomic E-state index is 0.0186. The van der Waals surface area contributed by atoms with Crippen LogP contribution >= 0.6 is 0 Å². The van der Waals surface area contributed by atoms with Crippen molar-refractivity contribution in [3.05, 3.63) is 18.3 Å². The van der Waals surface area contributed by atoms with Crippen molar-refractivity contribution in [2.45, 2.75) is 32.2 Å². The van der Waals surface area contributed by atoms with Crippen molar-refractivity contribution in [3.63, 3.8) is 0 Å². The molecule has 0 bridgehead atoms. The maximum atomic E-state index is 5.57. The van der Waals surface area contributed by atoms with Crippen LogP contribution in [0.1, 0.15) is 26.7 Å². The maximum Gasteiger partial charge on any atom is 0.149 e. The molecule has 0 fully saturated rings. The van der Waals surface area contributed by atoms with Crippen LogP contribution in [-0.4, -0.2) is 22.3 Å². The van der Waals surface area contributed by atoms with E-state index in [1.807, 2.05) is 12.1 Å². The lowest BCUT2D eigenvalue weighted by molar-refractivity contribution is 0.461. The summed E-state index contributed by atoms with van der Waals surface area (Å²) in [6.07, 6.45) is 3.61. The summed E-state index contributed by atoms with van der Waals surface area (Å²) in [5, 5.41) is 11.2. The molecule has 3 N–H and O–H groups in total. The van der Waals surface area contributed by atoms with E-state index in [2.05, 4.69) is 29.4 Å². The van der Waals surface area contributed by atoms with Crippen LogP contribution in [0.25, 0.3) is 0 Å². The quantitative estimate of drug-likeness (QED) is 0.743. The Balaban J connectivity index is 2.65. The first-order valence-electron chi connectivity index (χ1n) is 4.96. The van der Waals surface area contributed by atoms with Crippen LogP contribution < -0.4 is 11.1 Å². The van der Waals surface area contributed by atoms with Gasteiger partial charge in [0.25, 0.3) is 0 Å². The van der Waals surface area contributed by atoms with Crippen molar-refractivity contribution in [1.82, 2.24) is 10.2 Å². The molecule has 1 heterocycles. The fourth-order valence-electron chi connectivity index (χ4n) is 1.32. The first-order valence-corrected chi connectivity index (χ1v) is 4.96. The Bertz CT molecular complexity index is 262. The average Bonchev–Trinajstić information content (AvgIpc) is 2.20. The zero-order valence-corrected chi connectivity index (χ0v) is 8.83. The molecule has 1 aromatic rings. The van der Waals surface area contributed by atoms with Crippen molar-refractivity contribution in [1.29, 1.82) is 0 Å². The normalized spacial score (nSPS) is 14.8. The number of nitrogens with zero attached hydrogens (tertiary/aromatic N) is 2. The van der Waals surface area contributed by atoms with E-state index in [1.54, 1.807) is 6.20 Å². The van der Waals surface area contributed by atoms with Crippen molar-refractivity contribution in [2.75, 3.05) is 11.9 Å². The summed E-state index contributed by atoms with van der Waals surface area (Å²) in [4.78, 5) is 0. The molecule has 0 saturated heterocycles. The van der Waals surface area contributed by atoms with Gasteiger partial charge in [0.2, 0.25) is 0 Å². The lowest BCUT2D eigenvalue weighted by Crippen LogP contribution is -2.36. The van der Waals surface area contributed by atoms with Crippen molar-refractivity contribution < 1.29 is 0 Å². The molecule has 0 aliphatic rings. The summed E-state index contributed by atoms with van der Waals surface area (Å²) in [7, 11) is 0. The molecule has 0 aromatic carbocycles. The Morgan fingerprint density at radius 2 is 2.36 bits per heavy atom. The molecule has 0 aliphatic heterocycles. The first kappa shape index (κ1) is 10.9. The highest BCUT2D eigenvalue weighted by Gasteiger charge is 2.20. The van der Waals surface area contributed by atoms with Gasteiger partial charge in [-0.15, -0.1) is 5.10 Å². The number of hydrogen-bond donors (Lipinski definition) is 2. The van der Waals surface area contributed by atoms with Crippen LogP contribution in [0.2, 0.25) is 0 Å². The van der Waals surface area contributed by atoms with Gasteiger partial charge >= 0.3 is 0 Å². The third-order valence-corrected chi connectivity index (χ3v) is 2.48. The lowest BCUT2D eigenvalue weighted by Gasteiger charge is -2.29. The second kappa shape index (κ2) is 4.91. The van der Waals surface area contributed by atoms with E-state index in [4.69, 9.17) is 5.73 Å². The van der Waals surface area contributed by atoms with E-state index in [0.717, 1.165) is 18.7 Å². The molecule has 14 heavy (non-hydrogen) atoms. The Morgan fingerprint density at radius 3 is 2.86 bits per heavy atom. The third kappa shape index (κ3) is 2.96. The molecule has 1 rings (SSSR count). The van der Waals surface area contributed by atoms with Gasteiger partial charge in [-0.3, -0.25) is 0 Å². The number of hydrogen-bond acceptors (Lipinski definition) is 4. The molecule has 0 amide bonds. The van der Waals surface area contributed by atoms with Crippen LogP contribution in [0.15, 0.2) is 18.3 Å². The summed E-state index contributed by atoms with van der Waals surface area (Å²) >= 11 is 0. The highest BCUT2D eigenvalue weighted by Crippen LogP contribution is 2.19. The van der Waals surface area contributed by atoms with Gasteiger partial charge in [0.15, 0.2) is 0 Å². The summed E-state index contributed by atoms with van der Waals surface area (Å²) < 4.78 is 0. The van der Waals surface area contributed by atoms with Crippen LogP contribution in [0.3, 0.4) is 0 Å². The minimum Gasteiger partial charge on any atom is -0.363 e. The summed E-state index contributed by atoms with van der Waals surface area (Å²) in [6.45, 7) is 4.96. The average molecular weight is 194 g/mol. The molecule has 0 spiro atoms. The highest BCUT2D eigenvalue weighted by atomic mass is 15.2. The van der Waals surface area contributed by atoms with E-state index in [-0.39, 0.29) is 5.54 Å². The second-order valence-electron chi connectivity index (χ2n) is 3.69. The summed E-state index contributed by atoms with van der Waals surface area (Å²) in [6, 6.07) is 3.78. The van der Waals surface area contributed by atoms with Crippen molar-refractivity contribution >= 4 is 5.82 Å². The van der Waals surface area contributed by atoms with Gasteiger partial charge in [-0.25, -0.2) is 0 Å². The number of nitrogens with two attached hydrogens (primary N) is 1. The second-order valence-corrected chi connectivity index (χ2v) is 3.69. The van der Waals surface area contributed by atoms with Crippen LogP contribution in [0.5, 0.6) is 0 Å². The number of nitrogens with one attached hydrogen (secondary N) is 1. The standard InChI is InChI=1S/C10H18N4/c1-3-10(2,6-7-11)13-9-5-4-8-12-14-9/h4-5,8H,3,6-7,11H2,1-2H3,(H,13,14). The number of rotatable bonds is 5. The fraction of sp³-hybridized carbons (Fsp3) is 0.600. The van der Waals surface area contributed by atoms with Crippen LogP contribution in [0, 0.1) is 0 Å². The Morgan fingerprint density at radius 1 is 1.57 bits per heavy atom. The number of aromatic nitrogens is 2. The van der Waals surface area contributed by atoms with Gasteiger partial charge in [0, 0.05) is 11.7 Å². The Labute approximate surface area is 84.9 Å². The molecule has 1 atom stereocenters. The highest BCUT2D eigenvalue weighted by molar-refractivity contribution is 5.35. The van der Waals surface area contributed by atoms with E-state index in [1.165, 1.54) is 0 Å². The zero-order chi connectivity index (χ0) is 10.4. The van der Waals surface area contributed by atoms with E-state index >= 15 is 0 Å². The topological polar surface area (TPSA) is 63.8 Å². The van der Waals surface area contributed by atoms with Crippen LogP contribution in [0.4, 0.5) is 5.82 Å². The van der Waals surface area contributed by atoms with Gasteiger partial charge in [0.1, 0.15) is 5.82 Å². The van der Waals surface area contributed by atoms with Gasteiger partial charge in [-0.2, -0.15) is 5.10 Å². The molecule has 0 radical (unpaired) electrons. The summed E-state index contributed by atoms with van der Waals surface area (Å²) in [5.74, 6) is 0.810. The van der Waals surface area contributed by atoms with E-state index < -0.39 is 0 Å². The predicted octanol–water partition coefficient (Wildman–Crippen LogP) is 1.41. The first-order chi connectivity index (χ1) is 6.70. The third-order valence-electron chi connectivity index (χ3n) is 2.48. The van der Waals surface area contributed by atoms with Gasteiger partial charge in [-0.05, 0) is 38.4 Å². The van der Waals surface area contributed by atoms with Gasteiger partial charge in [0.05, 0.1) is 0 Å².